The van der Waals surface area contributed by atoms with Gasteiger partial charge in [-0.1, -0.05) is 5.92 Å². The number of allylic oxidation sites excluding steroid dienone is 1. The van der Waals surface area contributed by atoms with Crippen LogP contribution < -0.4 is 20.9 Å². The fourth-order valence-corrected chi connectivity index (χ4v) is 5.80. The molecule has 2 aliphatic rings. The van der Waals surface area contributed by atoms with Crippen molar-refractivity contribution in [2.45, 2.75) is 26.1 Å². The Morgan fingerprint density at radius 1 is 1.26 bits per heavy atom. The van der Waals surface area contributed by atoms with Crippen LogP contribution >= 0.6 is 11.3 Å². The number of aromatic nitrogens is 3. The van der Waals surface area contributed by atoms with Crippen molar-refractivity contribution >= 4 is 45.5 Å². The summed E-state index contributed by atoms with van der Waals surface area (Å²) in [6, 6.07) is 5.06. The second-order valence-corrected chi connectivity index (χ2v) is 10.3. The molecule has 3 atom stereocenters. The zero-order chi connectivity index (χ0) is 27.5. The van der Waals surface area contributed by atoms with Crippen molar-refractivity contribution in [1.29, 1.82) is 0 Å². The van der Waals surface area contributed by atoms with Crippen LogP contribution in [0.4, 0.5) is 10.5 Å². The molecule has 4 heterocycles. The quantitative estimate of drug-likeness (QED) is 0.359. The van der Waals surface area contributed by atoms with Crippen molar-refractivity contribution in [3.05, 3.63) is 59.8 Å². The van der Waals surface area contributed by atoms with E-state index in [0.717, 1.165) is 4.70 Å². The number of anilines is 1. The molecule has 1 fully saturated rings. The first-order valence-corrected chi connectivity index (χ1v) is 13.4. The number of urea groups is 1. The van der Waals surface area contributed by atoms with Gasteiger partial charge >= 0.3 is 12.0 Å². The van der Waals surface area contributed by atoms with Gasteiger partial charge in [-0.15, -0.1) is 11.3 Å². The zero-order valence-corrected chi connectivity index (χ0v) is 22.3. The second-order valence-electron chi connectivity index (χ2n) is 9.45. The Morgan fingerprint density at radius 2 is 2.08 bits per heavy atom. The molecule has 0 spiro atoms. The SMILES string of the molecule is CCNC(=O)NC1(C2CNCCC2(C)C(=O)O)N=CC=CN1c1cc(C#Cc2ncccn2)c2scnc2c1. The van der Waals surface area contributed by atoms with Crippen molar-refractivity contribution in [2.75, 3.05) is 24.5 Å². The number of carboxylic acid groups (broad SMARTS) is 1. The molecule has 0 aliphatic carbocycles. The third-order valence-corrected chi connectivity index (χ3v) is 7.95. The molecule has 1 saturated heterocycles. The van der Waals surface area contributed by atoms with Gasteiger partial charge in [-0.05, 0) is 57.0 Å². The molecule has 5 rings (SSSR count). The summed E-state index contributed by atoms with van der Waals surface area (Å²) in [5.41, 5.74) is 2.64. The van der Waals surface area contributed by atoms with E-state index in [1.165, 1.54) is 11.3 Å². The van der Waals surface area contributed by atoms with Crippen LogP contribution in [-0.4, -0.2) is 63.7 Å². The van der Waals surface area contributed by atoms with Gasteiger partial charge in [0.25, 0.3) is 0 Å². The lowest BCUT2D eigenvalue weighted by Gasteiger charge is -2.52. The van der Waals surface area contributed by atoms with E-state index in [4.69, 9.17) is 4.99 Å². The number of carbonyl (C=O) groups excluding carboxylic acids is 1. The van der Waals surface area contributed by atoms with E-state index in [1.807, 2.05) is 24.0 Å². The molecular formula is C27H28N8O3S. The predicted molar refractivity (Wildman–Crippen MR) is 149 cm³/mol. The summed E-state index contributed by atoms with van der Waals surface area (Å²) in [5.74, 6) is 3.53. The van der Waals surface area contributed by atoms with E-state index in [1.54, 1.807) is 49.4 Å². The number of carbonyl (C=O) groups is 2. The van der Waals surface area contributed by atoms with Crippen LogP contribution in [0.2, 0.25) is 0 Å². The third-order valence-electron chi connectivity index (χ3n) is 7.08. The standard InChI is InChI=1S/C27H28N8O3S/c1-3-29-25(38)34-27(21-16-28-12-8-26(21,2)24(36)37)33-11-5-13-35(27)19-14-18(23-20(15-19)32-17-39-23)6-7-22-30-9-4-10-31-22/h4-5,9-11,13-15,17,21,28H,3,8,12,16H2,1-2H3,(H,36,37)(H2,29,34,38). The van der Waals surface area contributed by atoms with E-state index in [9.17, 15) is 14.7 Å². The number of aliphatic carboxylic acids is 1. The maximum absolute atomic E-state index is 13.1. The average molecular weight is 545 g/mol. The van der Waals surface area contributed by atoms with Gasteiger partial charge in [-0.25, -0.2) is 24.7 Å². The highest BCUT2D eigenvalue weighted by atomic mass is 32.1. The van der Waals surface area contributed by atoms with Crippen molar-refractivity contribution in [3.63, 3.8) is 0 Å². The van der Waals surface area contributed by atoms with Crippen molar-refractivity contribution < 1.29 is 14.7 Å². The summed E-state index contributed by atoms with van der Waals surface area (Å²) in [5, 5.41) is 19.5. The number of aliphatic imine (C=N–C) groups is 1. The molecule has 3 aromatic rings. The number of piperidine rings is 1. The minimum Gasteiger partial charge on any atom is -0.481 e. The average Bonchev–Trinajstić information content (AvgIpc) is 3.42. The summed E-state index contributed by atoms with van der Waals surface area (Å²) >= 11 is 1.47. The molecule has 0 bridgehead atoms. The van der Waals surface area contributed by atoms with Crippen LogP contribution in [0.15, 0.2) is 53.4 Å². The highest BCUT2D eigenvalue weighted by molar-refractivity contribution is 7.17. The van der Waals surface area contributed by atoms with Crippen LogP contribution in [0.1, 0.15) is 31.7 Å². The molecule has 11 nitrogen and oxygen atoms in total. The number of hydrogen-bond donors (Lipinski definition) is 4. The number of carboxylic acids is 1. The maximum atomic E-state index is 13.1. The molecule has 2 aromatic heterocycles. The van der Waals surface area contributed by atoms with Gasteiger partial charge in [-0.2, -0.15) is 0 Å². The molecule has 12 heteroatoms. The van der Waals surface area contributed by atoms with Crippen LogP contribution in [-0.2, 0) is 4.79 Å². The Morgan fingerprint density at radius 3 is 2.85 bits per heavy atom. The summed E-state index contributed by atoms with van der Waals surface area (Å²) in [7, 11) is 0. The Bertz CT molecular complexity index is 1510. The lowest BCUT2D eigenvalue weighted by atomic mass is 9.68. The monoisotopic (exact) mass is 544 g/mol. The molecule has 2 aliphatic heterocycles. The summed E-state index contributed by atoms with van der Waals surface area (Å²) in [6.45, 7) is 4.80. The van der Waals surface area contributed by atoms with Crippen LogP contribution in [0, 0.1) is 23.2 Å². The molecular weight excluding hydrogens is 516 g/mol. The fraction of sp³-hybridized carbons (Fsp3) is 0.333. The highest BCUT2D eigenvalue weighted by Gasteiger charge is 2.57. The number of thiazole rings is 1. The molecule has 1 aromatic carbocycles. The fourth-order valence-electron chi connectivity index (χ4n) is 5.06. The maximum Gasteiger partial charge on any atom is 0.318 e. The molecule has 3 unspecified atom stereocenters. The number of nitrogens with zero attached hydrogens (tertiary/aromatic N) is 5. The van der Waals surface area contributed by atoms with Crippen LogP contribution in [0.5, 0.6) is 0 Å². The van der Waals surface area contributed by atoms with Crippen molar-refractivity contribution in [3.8, 4) is 11.8 Å². The van der Waals surface area contributed by atoms with Gasteiger partial charge < -0.3 is 20.6 Å². The van der Waals surface area contributed by atoms with Gasteiger partial charge in [-0.3, -0.25) is 10.1 Å². The largest absolute Gasteiger partial charge is 0.481 e. The Hall–Kier alpha value is -4.34. The van der Waals surface area contributed by atoms with E-state index in [-0.39, 0.29) is 0 Å². The first-order valence-electron chi connectivity index (χ1n) is 12.5. The molecule has 0 radical (unpaired) electrons. The van der Waals surface area contributed by atoms with Crippen LogP contribution in [0.25, 0.3) is 10.2 Å². The molecule has 4 N–H and O–H groups in total. The van der Waals surface area contributed by atoms with Crippen LogP contribution in [0.3, 0.4) is 0 Å². The Labute approximate surface area is 229 Å². The van der Waals surface area contributed by atoms with E-state index in [0.29, 0.717) is 48.6 Å². The number of nitrogens with one attached hydrogen (secondary N) is 3. The first kappa shape index (κ1) is 26.3. The second kappa shape index (κ2) is 10.8. The molecule has 39 heavy (non-hydrogen) atoms. The van der Waals surface area contributed by atoms with E-state index >= 15 is 0 Å². The summed E-state index contributed by atoms with van der Waals surface area (Å²) in [6.07, 6.45) is 8.77. The van der Waals surface area contributed by atoms with Gasteiger partial charge in [0.05, 0.1) is 27.1 Å². The van der Waals surface area contributed by atoms with Gasteiger partial charge in [0.15, 0.2) is 0 Å². The number of rotatable bonds is 5. The lowest BCUT2D eigenvalue weighted by Crippen LogP contribution is -2.71. The topological polar surface area (TPSA) is 145 Å². The van der Waals surface area contributed by atoms with Crippen molar-refractivity contribution in [2.24, 2.45) is 16.3 Å². The predicted octanol–water partition coefficient (Wildman–Crippen LogP) is 2.56. The minimum atomic E-state index is -1.45. The smallest absolute Gasteiger partial charge is 0.318 e. The van der Waals surface area contributed by atoms with E-state index in [2.05, 4.69) is 42.7 Å². The summed E-state index contributed by atoms with van der Waals surface area (Å²) in [4.78, 5) is 45.2. The molecule has 0 saturated carbocycles. The molecule has 2 amide bonds. The summed E-state index contributed by atoms with van der Waals surface area (Å²) < 4.78 is 0.892. The number of hydrogen-bond acceptors (Lipinski definition) is 9. The highest BCUT2D eigenvalue weighted by Crippen LogP contribution is 2.45. The van der Waals surface area contributed by atoms with Gasteiger partial charge in [0.2, 0.25) is 11.6 Å². The Kier molecular flexibility index (Phi) is 7.28. The molecule has 200 valence electrons. The zero-order valence-electron chi connectivity index (χ0n) is 21.5. The normalized spacial score (nSPS) is 24.2. The number of fused-ring (bicyclic) bond motifs is 1. The van der Waals surface area contributed by atoms with Gasteiger partial charge in [0.1, 0.15) is 0 Å². The van der Waals surface area contributed by atoms with E-state index < -0.39 is 29.1 Å². The lowest BCUT2D eigenvalue weighted by molar-refractivity contribution is -0.155. The Balaban J connectivity index is 1.67. The number of benzene rings is 1. The van der Waals surface area contributed by atoms with Crippen molar-refractivity contribution in [1.82, 2.24) is 30.9 Å². The number of amides is 2. The minimum absolute atomic E-state index is 0.327. The van der Waals surface area contributed by atoms with Gasteiger partial charge in [0, 0.05) is 49.1 Å². The first-order chi connectivity index (χ1) is 18.9. The third kappa shape index (κ3) is 4.94.